The van der Waals surface area contributed by atoms with Gasteiger partial charge in [0.25, 0.3) is 5.91 Å². The molecule has 0 aliphatic carbocycles. The number of nitrogens with zero attached hydrogens (tertiary/aromatic N) is 1. The number of aromatic nitrogens is 1. The summed E-state index contributed by atoms with van der Waals surface area (Å²) in [4.78, 5) is 17.9. The van der Waals surface area contributed by atoms with Crippen LogP contribution in [0.25, 0.3) is 22.2 Å². The van der Waals surface area contributed by atoms with Crippen molar-refractivity contribution in [3.63, 3.8) is 0 Å². The second-order valence-electron chi connectivity index (χ2n) is 7.86. The lowest BCUT2D eigenvalue weighted by molar-refractivity contribution is 0.0859. The molecule has 1 N–H and O–H groups in total. The van der Waals surface area contributed by atoms with Gasteiger partial charge < -0.3 is 10.1 Å². The fourth-order valence-electron chi connectivity index (χ4n) is 3.86. The fraction of sp³-hybridized carbons (Fsp3) is 0.360. The minimum Gasteiger partial charge on any atom is -0.376 e. The number of aryl methyl sites for hydroxylation is 1. The van der Waals surface area contributed by atoms with Crippen molar-refractivity contribution >= 4 is 32.7 Å². The summed E-state index contributed by atoms with van der Waals surface area (Å²) in [6, 6.07) is 16.3. The van der Waals surface area contributed by atoms with E-state index in [1.165, 1.54) is 18.4 Å². The van der Waals surface area contributed by atoms with Crippen LogP contribution in [-0.4, -0.2) is 30.1 Å². The Morgan fingerprint density at radius 3 is 2.77 bits per heavy atom. The maximum atomic E-state index is 13.1. The van der Waals surface area contributed by atoms with Gasteiger partial charge in [-0.05, 0) is 55.5 Å². The van der Waals surface area contributed by atoms with Crippen LogP contribution in [0.15, 0.2) is 53.0 Å². The Bertz CT molecular complexity index is 1030. The van der Waals surface area contributed by atoms with Gasteiger partial charge in [0.15, 0.2) is 0 Å². The second-order valence-corrected chi connectivity index (χ2v) is 8.78. The highest BCUT2D eigenvalue weighted by Crippen LogP contribution is 2.28. The first-order chi connectivity index (χ1) is 14.6. The number of hydrogen-bond acceptors (Lipinski definition) is 3. The van der Waals surface area contributed by atoms with Crippen molar-refractivity contribution in [2.75, 3.05) is 13.2 Å². The zero-order valence-electron chi connectivity index (χ0n) is 17.3. The van der Waals surface area contributed by atoms with E-state index >= 15 is 0 Å². The number of ether oxygens (including phenoxy) is 1. The van der Waals surface area contributed by atoms with Gasteiger partial charge >= 0.3 is 0 Å². The highest BCUT2D eigenvalue weighted by molar-refractivity contribution is 9.10. The number of nitrogens with one attached hydrogen (secondary N) is 1. The van der Waals surface area contributed by atoms with Crippen LogP contribution in [0.1, 0.15) is 48.5 Å². The Balaban J connectivity index is 1.65. The largest absolute Gasteiger partial charge is 0.376 e. The molecule has 2 aromatic carbocycles. The molecule has 3 aromatic rings. The molecule has 0 unspecified atom stereocenters. The van der Waals surface area contributed by atoms with Gasteiger partial charge in [-0.15, -0.1) is 0 Å². The van der Waals surface area contributed by atoms with Crippen molar-refractivity contribution in [2.45, 2.75) is 45.1 Å². The van der Waals surface area contributed by atoms with Gasteiger partial charge in [-0.25, -0.2) is 4.98 Å². The number of fused-ring (bicyclic) bond motifs is 1. The van der Waals surface area contributed by atoms with Crippen molar-refractivity contribution in [3.05, 3.63) is 64.1 Å². The van der Waals surface area contributed by atoms with Crippen molar-refractivity contribution in [3.8, 4) is 11.3 Å². The molecule has 1 aromatic heterocycles. The summed E-state index contributed by atoms with van der Waals surface area (Å²) in [6.07, 6.45) is 5.64. The van der Waals surface area contributed by atoms with E-state index < -0.39 is 0 Å². The van der Waals surface area contributed by atoms with Crippen LogP contribution in [0.4, 0.5) is 0 Å². The molecule has 0 bridgehead atoms. The molecule has 156 valence electrons. The Morgan fingerprint density at radius 2 is 2.03 bits per heavy atom. The van der Waals surface area contributed by atoms with E-state index in [9.17, 15) is 4.79 Å². The third kappa shape index (κ3) is 4.90. The average Bonchev–Trinajstić information content (AvgIpc) is 3.29. The van der Waals surface area contributed by atoms with Crippen LogP contribution in [0.5, 0.6) is 0 Å². The second kappa shape index (κ2) is 9.71. The third-order valence-corrected chi connectivity index (χ3v) is 6.09. The van der Waals surface area contributed by atoms with Crippen LogP contribution in [0.2, 0.25) is 0 Å². The number of rotatable bonds is 7. The number of benzene rings is 2. The molecular formula is C25H27BrN2O2. The zero-order chi connectivity index (χ0) is 20.9. The number of hydrogen-bond donors (Lipinski definition) is 1. The van der Waals surface area contributed by atoms with E-state index in [-0.39, 0.29) is 12.0 Å². The zero-order valence-corrected chi connectivity index (χ0v) is 18.9. The smallest absolute Gasteiger partial charge is 0.252 e. The van der Waals surface area contributed by atoms with Crippen molar-refractivity contribution < 1.29 is 9.53 Å². The lowest BCUT2D eigenvalue weighted by Gasteiger charge is -2.13. The Kier molecular flexibility index (Phi) is 6.80. The van der Waals surface area contributed by atoms with Crippen molar-refractivity contribution in [2.24, 2.45) is 0 Å². The Labute approximate surface area is 186 Å². The molecule has 1 amide bonds. The molecule has 1 aliphatic heterocycles. The fourth-order valence-corrected chi connectivity index (χ4v) is 4.22. The standard InChI is InChI=1S/C25H27BrN2O2/c1-2-3-5-17-7-9-18(10-8-17)24-15-22(21-14-19(26)11-12-23(21)28-24)25(29)27-16-20-6-4-13-30-20/h7-12,14-15,20H,2-6,13,16H2,1H3,(H,27,29)/t20-/m1/s1. The van der Waals surface area contributed by atoms with Gasteiger partial charge in [-0.2, -0.15) is 0 Å². The number of halogens is 1. The van der Waals surface area contributed by atoms with Crippen molar-refractivity contribution in [1.82, 2.24) is 10.3 Å². The van der Waals surface area contributed by atoms with E-state index in [0.717, 1.165) is 52.5 Å². The lowest BCUT2D eigenvalue weighted by Crippen LogP contribution is -2.32. The molecule has 5 heteroatoms. The predicted octanol–water partition coefficient (Wildman–Crippen LogP) is 5.92. The summed E-state index contributed by atoms with van der Waals surface area (Å²) in [5, 5.41) is 3.90. The monoisotopic (exact) mass is 466 g/mol. The molecule has 2 heterocycles. The topological polar surface area (TPSA) is 51.2 Å². The van der Waals surface area contributed by atoms with E-state index in [1.807, 2.05) is 24.3 Å². The van der Waals surface area contributed by atoms with Gasteiger partial charge in [0, 0.05) is 28.6 Å². The van der Waals surface area contributed by atoms with Crippen LogP contribution in [-0.2, 0) is 11.2 Å². The number of amides is 1. The summed E-state index contributed by atoms with van der Waals surface area (Å²) < 4.78 is 6.57. The summed E-state index contributed by atoms with van der Waals surface area (Å²) >= 11 is 3.52. The summed E-state index contributed by atoms with van der Waals surface area (Å²) in [6.45, 7) is 3.53. The highest BCUT2D eigenvalue weighted by atomic mass is 79.9. The van der Waals surface area contributed by atoms with Gasteiger partial charge in [0.05, 0.1) is 22.9 Å². The SMILES string of the molecule is CCCCc1ccc(-c2cc(C(=O)NC[C@H]3CCCO3)c3cc(Br)ccc3n2)cc1. The van der Waals surface area contributed by atoms with Gasteiger partial charge in [0.1, 0.15) is 0 Å². The number of carbonyl (C=O) groups is 1. The summed E-state index contributed by atoms with van der Waals surface area (Å²) in [5.41, 5.74) is 4.62. The van der Waals surface area contributed by atoms with E-state index in [0.29, 0.717) is 12.1 Å². The van der Waals surface area contributed by atoms with Gasteiger partial charge in [0.2, 0.25) is 0 Å². The first-order valence-corrected chi connectivity index (χ1v) is 11.5. The first-order valence-electron chi connectivity index (χ1n) is 10.7. The molecule has 1 fully saturated rings. The highest BCUT2D eigenvalue weighted by Gasteiger charge is 2.19. The Hall–Kier alpha value is -2.24. The molecular weight excluding hydrogens is 440 g/mol. The lowest BCUT2D eigenvalue weighted by atomic mass is 10.0. The molecule has 4 rings (SSSR count). The number of unbranched alkanes of at least 4 members (excludes halogenated alkanes) is 1. The molecule has 30 heavy (non-hydrogen) atoms. The maximum absolute atomic E-state index is 13.1. The summed E-state index contributed by atoms with van der Waals surface area (Å²) in [7, 11) is 0. The predicted molar refractivity (Wildman–Crippen MR) is 125 cm³/mol. The average molecular weight is 467 g/mol. The first kappa shape index (κ1) is 21.0. The van der Waals surface area contributed by atoms with Gasteiger partial charge in [-0.3, -0.25) is 4.79 Å². The van der Waals surface area contributed by atoms with Crippen LogP contribution in [0, 0.1) is 0 Å². The molecule has 1 atom stereocenters. The molecule has 0 radical (unpaired) electrons. The molecule has 1 aliphatic rings. The van der Waals surface area contributed by atoms with Crippen LogP contribution < -0.4 is 5.32 Å². The molecule has 0 saturated carbocycles. The quantitative estimate of drug-likeness (QED) is 0.470. The van der Waals surface area contributed by atoms with Gasteiger partial charge in [-0.1, -0.05) is 53.5 Å². The molecule has 4 nitrogen and oxygen atoms in total. The third-order valence-electron chi connectivity index (χ3n) is 5.60. The van der Waals surface area contributed by atoms with Crippen LogP contribution >= 0.6 is 15.9 Å². The van der Waals surface area contributed by atoms with E-state index in [2.05, 4.69) is 52.4 Å². The number of carbonyl (C=O) groups excluding carboxylic acids is 1. The molecule has 0 spiro atoms. The normalized spacial score (nSPS) is 16.1. The van der Waals surface area contributed by atoms with Crippen molar-refractivity contribution in [1.29, 1.82) is 0 Å². The maximum Gasteiger partial charge on any atom is 0.252 e. The van der Waals surface area contributed by atoms with Crippen LogP contribution in [0.3, 0.4) is 0 Å². The molecule has 1 saturated heterocycles. The van der Waals surface area contributed by atoms with E-state index in [4.69, 9.17) is 9.72 Å². The Morgan fingerprint density at radius 1 is 1.20 bits per heavy atom. The number of pyridine rings is 1. The summed E-state index contributed by atoms with van der Waals surface area (Å²) in [5.74, 6) is -0.0863. The van der Waals surface area contributed by atoms with E-state index in [1.54, 1.807) is 0 Å². The minimum absolute atomic E-state index is 0.0863. The minimum atomic E-state index is -0.0863.